The van der Waals surface area contributed by atoms with Crippen molar-refractivity contribution in [2.75, 3.05) is 47.1 Å². The maximum atomic E-state index is 5.77. The number of rotatable bonds is 13. The summed E-state index contributed by atoms with van der Waals surface area (Å²) in [5, 5.41) is 6.76. The summed E-state index contributed by atoms with van der Waals surface area (Å²) < 4.78 is 16.2. The third kappa shape index (κ3) is 7.68. The number of hydrogen-bond donors (Lipinski definition) is 2. The Balaban J connectivity index is 1.65. The van der Waals surface area contributed by atoms with E-state index in [4.69, 9.17) is 19.2 Å². The quantitative estimate of drug-likeness (QED) is 0.307. The first-order valence-electron chi connectivity index (χ1n) is 10.4. The number of aliphatic imine (C=N–C) groups is 1. The number of guanidine groups is 1. The Bertz CT molecular complexity index is 571. The van der Waals surface area contributed by atoms with E-state index in [1.54, 1.807) is 14.2 Å². The standard InChI is InChI=1S/C22H37N3O3/c1-4-23-21(25-18-22(11-5-12-22)13-16-26-2)24-14-6-15-28-17-19-7-9-20(27-3)10-8-19/h7-10H,4-6,11-18H2,1-3H3,(H2,23,24,25). The van der Waals surface area contributed by atoms with Crippen LogP contribution in [0.25, 0.3) is 0 Å². The molecule has 1 aliphatic carbocycles. The monoisotopic (exact) mass is 391 g/mol. The van der Waals surface area contributed by atoms with Crippen molar-refractivity contribution in [1.82, 2.24) is 10.6 Å². The molecule has 0 aromatic heterocycles. The summed E-state index contributed by atoms with van der Waals surface area (Å²) in [6.07, 6.45) is 5.88. The highest BCUT2D eigenvalue weighted by atomic mass is 16.5. The molecule has 0 heterocycles. The van der Waals surface area contributed by atoms with Crippen LogP contribution in [-0.2, 0) is 16.1 Å². The molecule has 1 saturated carbocycles. The number of hydrogen-bond acceptors (Lipinski definition) is 4. The Labute approximate surface area is 170 Å². The smallest absolute Gasteiger partial charge is 0.191 e. The Hall–Kier alpha value is -1.79. The number of nitrogens with one attached hydrogen (secondary N) is 2. The average molecular weight is 392 g/mol. The molecule has 1 aromatic rings. The van der Waals surface area contributed by atoms with Gasteiger partial charge in [0.2, 0.25) is 0 Å². The second-order valence-electron chi connectivity index (χ2n) is 7.47. The molecule has 1 aromatic carbocycles. The largest absolute Gasteiger partial charge is 0.497 e. The highest BCUT2D eigenvalue weighted by Crippen LogP contribution is 2.44. The highest BCUT2D eigenvalue weighted by Gasteiger charge is 2.36. The SMILES string of the molecule is CCNC(=NCC1(CCOC)CCC1)NCCCOCc1ccc(OC)cc1. The van der Waals surface area contributed by atoms with E-state index in [0.29, 0.717) is 12.0 Å². The summed E-state index contributed by atoms with van der Waals surface area (Å²) >= 11 is 0. The predicted octanol–water partition coefficient (Wildman–Crippen LogP) is 3.36. The average Bonchev–Trinajstić information content (AvgIpc) is 2.69. The lowest BCUT2D eigenvalue weighted by Crippen LogP contribution is -2.40. The van der Waals surface area contributed by atoms with E-state index in [0.717, 1.165) is 63.0 Å². The van der Waals surface area contributed by atoms with Gasteiger partial charge in [0, 0.05) is 40.0 Å². The van der Waals surface area contributed by atoms with Gasteiger partial charge >= 0.3 is 0 Å². The number of nitrogens with zero attached hydrogens (tertiary/aromatic N) is 1. The van der Waals surface area contributed by atoms with Crippen molar-refractivity contribution in [1.29, 1.82) is 0 Å². The van der Waals surface area contributed by atoms with Crippen molar-refractivity contribution in [3.05, 3.63) is 29.8 Å². The fourth-order valence-corrected chi connectivity index (χ4v) is 3.36. The van der Waals surface area contributed by atoms with E-state index >= 15 is 0 Å². The topological polar surface area (TPSA) is 64.1 Å². The van der Waals surface area contributed by atoms with Gasteiger partial charge in [-0.3, -0.25) is 4.99 Å². The molecule has 28 heavy (non-hydrogen) atoms. The molecule has 1 aliphatic rings. The summed E-state index contributed by atoms with van der Waals surface area (Å²) in [7, 11) is 3.45. The summed E-state index contributed by atoms with van der Waals surface area (Å²) in [4.78, 5) is 4.83. The van der Waals surface area contributed by atoms with Crippen molar-refractivity contribution >= 4 is 5.96 Å². The summed E-state index contributed by atoms with van der Waals surface area (Å²) in [6.45, 7) is 6.85. The Morgan fingerprint density at radius 3 is 2.50 bits per heavy atom. The van der Waals surface area contributed by atoms with E-state index < -0.39 is 0 Å². The van der Waals surface area contributed by atoms with Crippen molar-refractivity contribution < 1.29 is 14.2 Å². The van der Waals surface area contributed by atoms with Crippen LogP contribution < -0.4 is 15.4 Å². The molecule has 0 atom stereocenters. The van der Waals surface area contributed by atoms with Crippen LogP contribution in [0.15, 0.2) is 29.3 Å². The van der Waals surface area contributed by atoms with Gasteiger partial charge < -0.3 is 24.8 Å². The minimum atomic E-state index is 0.347. The molecule has 2 N–H and O–H groups in total. The first-order valence-corrected chi connectivity index (χ1v) is 10.4. The highest BCUT2D eigenvalue weighted by molar-refractivity contribution is 5.79. The molecule has 6 heteroatoms. The van der Waals surface area contributed by atoms with Crippen LogP contribution in [0.3, 0.4) is 0 Å². The summed E-state index contributed by atoms with van der Waals surface area (Å²) in [5.74, 6) is 1.77. The fraction of sp³-hybridized carbons (Fsp3) is 0.682. The van der Waals surface area contributed by atoms with Crippen molar-refractivity contribution in [2.24, 2.45) is 10.4 Å². The molecule has 1 fully saturated rings. The van der Waals surface area contributed by atoms with Crippen molar-refractivity contribution in [2.45, 2.75) is 45.6 Å². The molecule has 158 valence electrons. The van der Waals surface area contributed by atoms with Gasteiger partial charge in [0.15, 0.2) is 5.96 Å². The van der Waals surface area contributed by atoms with E-state index in [9.17, 15) is 0 Å². The van der Waals surface area contributed by atoms with Crippen LogP contribution in [-0.4, -0.2) is 53.0 Å². The first-order chi connectivity index (χ1) is 13.7. The van der Waals surface area contributed by atoms with Gasteiger partial charge in [-0.05, 0) is 55.7 Å². The normalized spacial score (nSPS) is 15.8. The van der Waals surface area contributed by atoms with E-state index in [2.05, 4.69) is 17.6 Å². The molecule has 0 saturated heterocycles. The Morgan fingerprint density at radius 1 is 1.11 bits per heavy atom. The van der Waals surface area contributed by atoms with Crippen LogP contribution in [0.1, 0.15) is 44.6 Å². The van der Waals surface area contributed by atoms with Crippen LogP contribution in [0, 0.1) is 5.41 Å². The second-order valence-corrected chi connectivity index (χ2v) is 7.47. The molecule has 2 rings (SSSR count). The van der Waals surface area contributed by atoms with E-state index in [1.165, 1.54) is 19.3 Å². The number of methoxy groups -OCH3 is 2. The molecular formula is C22H37N3O3. The lowest BCUT2D eigenvalue weighted by atomic mass is 9.67. The molecule has 6 nitrogen and oxygen atoms in total. The number of benzene rings is 1. The zero-order chi connectivity index (χ0) is 20.1. The van der Waals surface area contributed by atoms with Crippen LogP contribution >= 0.6 is 0 Å². The fourth-order valence-electron chi connectivity index (χ4n) is 3.36. The van der Waals surface area contributed by atoms with Crippen molar-refractivity contribution in [3.63, 3.8) is 0 Å². The minimum absolute atomic E-state index is 0.347. The summed E-state index contributed by atoms with van der Waals surface area (Å²) in [6, 6.07) is 7.99. The third-order valence-electron chi connectivity index (χ3n) is 5.35. The van der Waals surface area contributed by atoms with Crippen LogP contribution in [0.4, 0.5) is 0 Å². The maximum Gasteiger partial charge on any atom is 0.191 e. The lowest BCUT2D eigenvalue weighted by molar-refractivity contribution is 0.0778. The molecular weight excluding hydrogens is 354 g/mol. The first kappa shape index (κ1) is 22.5. The van der Waals surface area contributed by atoms with E-state index in [1.807, 2.05) is 24.3 Å². The second kappa shape index (κ2) is 12.6. The summed E-state index contributed by atoms with van der Waals surface area (Å²) in [5.41, 5.74) is 1.50. The zero-order valence-electron chi connectivity index (χ0n) is 17.8. The van der Waals surface area contributed by atoms with Gasteiger partial charge in [0.25, 0.3) is 0 Å². The zero-order valence-corrected chi connectivity index (χ0v) is 17.8. The van der Waals surface area contributed by atoms with Gasteiger partial charge in [-0.15, -0.1) is 0 Å². The lowest BCUT2D eigenvalue weighted by Gasteiger charge is -2.40. The molecule has 0 amide bonds. The van der Waals surface area contributed by atoms with Crippen LogP contribution in [0.2, 0.25) is 0 Å². The van der Waals surface area contributed by atoms with Gasteiger partial charge in [-0.1, -0.05) is 18.6 Å². The van der Waals surface area contributed by atoms with Crippen LogP contribution in [0.5, 0.6) is 5.75 Å². The molecule has 0 bridgehead atoms. The van der Waals surface area contributed by atoms with Gasteiger partial charge in [-0.2, -0.15) is 0 Å². The minimum Gasteiger partial charge on any atom is -0.497 e. The molecule has 0 radical (unpaired) electrons. The van der Waals surface area contributed by atoms with Gasteiger partial charge in [-0.25, -0.2) is 0 Å². The van der Waals surface area contributed by atoms with E-state index in [-0.39, 0.29) is 0 Å². The molecule has 0 unspecified atom stereocenters. The Morgan fingerprint density at radius 2 is 1.89 bits per heavy atom. The van der Waals surface area contributed by atoms with Gasteiger partial charge in [0.05, 0.1) is 13.7 Å². The maximum absolute atomic E-state index is 5.77. The predicted molar refractivity (Wildman–Crippen MR) is 114 cm³/mol. The molecule has 0 spiro atoms. The number of ether oxygens (including phenoxy) is 3. The van der Waals surface area contributed by atoms with Gasteiger partial charge in [0.1, 0.15) is 5.75 Å². The molecule has 0 aliphatic heterocycles. The Kier molecular flexibility index (Phi) is 10.1. The van der Waals surface area contributed by atoms with Crippen molar-refractivity contribution in [3.8, 4) is 5.75 Å². The third-order valence-corrected chi connectivity index (χ3v) is 5.35.